The Morgan fingerprint density at radius 1 is 1.22 bits per heavy atom. The number of hydrogen-bond donors (Lipinski definition) is 0. The number of methoxy groups -OCH3 is 1. The van der Waals surface area contributed by atoms with Crippen LogP contribution in [0.1, 0.15) is 11.6 Å². The largest absolute Gasteiger partial charge is 0.466 e. The average Bonchev–Trinajstić information content (AvgIpc) is 3.22. The van der Waals surface area contributed by atoms with Crippen molar-refractivity contribution >= 4 is 28.9 Å². The molecular weight excluding hydrogens is 320 g/mol. The molecule has 1 fully saturated rings. The molecule has 3 rings (SSSR count). The molecule has 0 aliphatic carbocycles. The zero-order valence-electron chi connectivity index (χ0n) is 12.2. The van der Waals surface area contributed by atoms with Crippen molar-refractivity contribution in [2.45, 2.75) is 11.0 Å². The smallest absolute Gasteiger partial charge is 0.350 e. The number of ether oxygens (including phenoxy) is 1. The second kappa shape index (κ2) is 5.55. The van der Waals surface area contributed by atoms with Crippen molar-refractivity contribution < 1.29 is 14.5 Å². The van der Waals surface area contributed by atoms with E-state index in [1.54, 1.807) is 17.0 Å². The van der Waals surface area contributed by atoms with Crippen LogP contribution in [0.25, 0.3) is 0 Å². The number of anilines is 1. The summed E-state index contributed by atoms with van der Waals surface area (Å²) in [5.41, 5.74) is 1.47. The standard InChI is InChI=1S/C16H13ClN2O4/c1-23-15(20)16(17)14(18(16)12-5-3-2-4-6-12)11-7-9-13(10-8-11)19(21)22/h2-10,14H,1H3/t14-,16+,18?/m0/s1. The summed E-state index contributed by atoms with van der Waals surface area (Å²) in [5, 5.41) is 10.8. The summed E-state index contributed by atoms with van der Waals surface area (Å²) >= 11 is 6.52. The minimum absolute atomic E-state index is 0.0149. The molecule has 1 aliphatic rings. The Morgan fingerprint density at radius 3 is 2.35 bits per heavy atom. The van der Waals surface area contributed by atoms with E-state index in [0.29, 0.717) is 5.56 Å². The molecule has 0 spiro atoms. The number of rotatable bonds is 4. The Bertz CT molecular complexity index is 750. The van der Waals surface area contributed by atoms with Crippen molar-refractivity contribution in [3.63, 3.8) is 0 Å². The number of non-ortho nitro benzene ring substituents is 1. The van der Waals surface area contributed by atoms with E-state index in [1.165, 1.54) is 19.2 Å². The van der Waals surface area contributed by atoms with Crippen LogP contribution in [-0.2, 0) is 9.53 Å². The molecule has 1 aliphatic heterocycles. The number of nitro groups is 1. The molecule has 118 valence electrons. The van der Waals surface area contributed by atoms with Gasteiger partial charge in [-0.05, 0) is 29.8 Å². The van der Waals surface area contributed by atoms with E-state index in [2.05, 4.69) is 0 Å². The number of para-hydroxylation sites is 1. The third-order valence-electron chi connectivity index (χ3n) is 3.83. The maximum absolute atomic E-state index is 12.1. The lowest BCUT2D eigenvalue weighted by molar-refractivity contribution is -0.384. The fraction of sp³-hybridized carbons (Fsp3) is 0.188. The van der Waals surface area contributed by atoms with Crippen molar-refractivity contribution in [3.8, 4) is 0 Å². The molecule has 0 N–H and O–H groups in total. The minimum Gasteiger partial charge on any atom is -0.466 e. The second-order valence-electron chi connectivity index (χ2n) is 5.12. The number of nitrogens with zero attached hydrogens (tertiary/aromatic N) is 2. The molecule has 2 aromatic rings. The zero-order valence-corrected chi connectivity index (χ0v) is 12.9. The molecule has 0 unspecified atom stereocenters. The highest BCUT2D eigenvalue weighted by Crippen LogP contribution is 2.59. The lowest BCUT2D eigenvalue weighted by Gasteiger charge is -2.08. The Kier molecular flexibility index (Phi) is 3.69. The van der Waals surface area contributed by atoms with E-state index in [4.69, 9.17) is 16.3 Å². The first-order valence-electron chi connectivity index (χ1n) is 6.86. The van der Waals surface area contributed by atoms with E-state index in [1.807, 2.05) is 30.3 Å². The van der Waals surface area contributed by atoms with Crippen molar-refractivity contribution in [1.82, 2.24) is 0 Å². The van der Waals surface area contributed by atoms with Crippen LogP contribution in [0.5, 0.6) is 0 Å². The fourth-order valence-electron chi connectivity index (χ4n) is 2.70. The number of nitro benzene ring substituents is 1. The molecule has 6 nitrogen and oxygen atoms in total. The minimum atomic E-state index is -1.34. The van der Waals surface area contributed by atoms with Gasteiger partial charge in [0.25, 0.3) is 5.69 Å². The summed E-state index contributed by atoms with van der Waals surface area (Å²) in [6.45, 7) is 0. The highest BCUT2D eigenvalue weighted by atomic mass is 35.5. The molecule has 23 heavy (non-hydrogen) atoms. The lowest BCUT2D eigenvalue weighted by atomic mass is 10.1. The van der Waals surface area contributed by atoms with Gasteiger partial charge in [-0.15, -0.1) is 0 Å². The first-order chi connectivity index (χ1) is 11.0. The highest BCUT2D eigenvalue weighted by Gasteiger charge is 2.69. The highest BCUT2D eigenvalue weighted by molar-refractivity contribution is 6.40. The molecule has 0 saturated carbocycles. The van der Waals surface area contributed by atoms with Gasteiger partial charge in [-0.2, -0.15) is 0 Å². The van der Waals surface area contributed by atoms with E-state index in [9.17, 15) is 14.9 Å². The maximum Gasteiger partial charge on any atom is 0.350 e. The SMILES string of the molecule is COC(=O)[C@@]1(Cl)[C@H](c2ccc([N+](=O)[O-])cc2)N1c1ccccc1. The van der Waals surface area contributed by atoms with Crippen molar-refractivity contribution in [2.75, 3.05) is 12.0 Å². The topological polar surface area (TPSA) is 72.5 Å². The van der Waals surface area contributed by atoms with Gasteiger partial charge < -0.3 is 9.64 Å². The third kappa shape index (κ3) is 2.41. The number of halogens is 1. The number of esters is 1. The maximum atomic E-state index is 12.1. The Hall–Kier alpha value is -2.60. The first kappa shape index (κ1) is 15.3. The van der Waals surface area contributed by atoms with Crippen molar-refractivity contribution in [3.05, 3.63) is 70.3 Å². The molecule has 7 heteroatoms. The Morgan fingerprint density at radius 2 is 1.83 bits per heavy atom. The average molecular weight is 333 g/mol. The van der Waals surface area contributed by atoms with E-state index in [0.717, 1.165) is 5.69 Å². The number of carbonyl (C=O) groups excluding carboxylic acids is 1. The van der Waals surface area contributed by atoms with E-state index in [-0.39, 0.29) is 5.69 Å². The molecular formula is C16H13ClN2O4. The monoisotopic (exact) mass is 332 g/mol. The van der Waals surface area contributed by atoms with Gasteiger partial charge >= 0.3 is 5.97 Å². The van der Waals surface area contributed by atoms with Gasteiger partial charge in [0, 0.05) is 17.8 Å². The second-order valence-corrected chi connectivity index (χ2v) is 5.70. The number of alkyl halides is 1. The van der Waals surface area contributed by atoms with Crippen molar-refractivity contribution in [1.29, 1.82) is 0 Å². The van der Waals surface area contributed by atoms with Crippen LogP contribution in [0, 0.1) is 10.1 Å². The zero-order chi connectivity index (χ0) is 16.6. The fourth-order valence-corrected chi connectivity index (χ4v) is 3.14. The van der Waals surface area contributed by atoms with Gasteiger partial charge in [-0.25, -0.2) is 4.79 Å². The molecule has 0 aromatic heterocycles. The molecule has 2 aromatic carbocycles. The number of benzene rings is 2. The van der Waals surface area contributed by atoms with Crippen LogP contribution < -0.4 is 4.90 Å². The molecule has 2 atom stereocenters. The Balaban J connectivity index is 1.99. The molecule has 0 bridgehead atoms. The van der Waals surface area contributed by atoms with Gasteiger partial charge in [0.2, 0.25) is 5.00 Å². The summed E-state index contributed by atoms with van der Waals surface area (Å²) in [5.74, 6) is -0.564. The van der Waals surface area contributed by atoms with E-state index >= 15 is 0 Å². The van der Waals surface area contributed by atoms with Gasteiger partial charge in [-0.1, -0.05) is 29.8 Å². The molecule has 0 radical (unpaired) electrons. The van der Waals surface area contributed by atoms with Gasteiger partial charge in [-0.3, -0.25) is 10.1 Å². The van der Waals surface area contributed by atoms with E-state index < -0.39 is 21.9 Å². The van der Waals surface area contributed by atoms with Gasteiger partial charge in [0.15, 0.2) is 0 Å². The summed E-state index contributed by atoms with van der Waals surface area (Å²) in [4.78, 5) is 22.8. The summed E-state index contributed by atoms with van der Waals surface area (Å²) in [6.07, 6.45) is 0. The molecule has 0 amide bonds. The number of hydrogen-bond acceptors (Lipinski definition) is 5. The van der Waals surface area contributed by atoms with Crippen LogP contribution >= 0.6 is 11.6 Å². The lowest BCUT2D eigenvalue weighted by Crippen LogP contribution is -2.24. The summed E-state index contributed by atoms with van der Waals surface area (Å²) in [7, 11) is 1.28. The third-order valence-corrected chi connectivity index (χ3v) is 4.37. The predicted octanol–water partition coefficient (Wildman–Crippen LogP) is 3.26. The summed E-state index contributed by atoms with van der Waals surface area (Å²) < 4.78 is 4.82. The van der Waals surface area contributed by atoms with Crippen LogP contribution in [0.15, 0.2) is 54.6 Å². The quantitative estimate of drug-likeness (QED) is 0.214. The van der Waals surface area contributed by atoms with Crippen LogP contribution in [0.4, 0.5) is 11.4 Å². The molecule has 1 saturated heterocycles. The summed E-state index contributed by atoms with van der Waals surface area (Å²) in [6, 6.07) is 14.8. The molecule has 1 heterocycles. The predicted molar refractivity (Wildman–Crippen MR) is 85.4 cm³/mol. The number of carbonyl (C=O) groups is 1. The van der Waals surface area contributed by atoms with Gasteiger partial charge in [0.1, 0.15) is 6.04 Å². The normalized spacial score (nSPS) is 22.5. The van der Waals surface area contributed by atoms with Gasteiger partial charge in [0.05, 0.1) is 12.0 Å². The Labute approximate surface area is 137 Å². The van der Waals surface area contributed by atoms with Crippen LogP contribution in [-0.4, -0.2) is 23.0 Å². The first-order valence-corrected chi connectivity index (χ1v) is 7.24. The van der Waals surface area contributed by atoms with Crippen molar-refractivity contribution in [2.24, 2.45) is 0 Å². The van der Waals surface area contributed by atoms with Crippen LogP contribution in [0.3, 0.4) is 0 Å². The van der Waals surface area contributed by atoms with Crippen LogP contribution in [0.2, 0.25) is 0 Å².